The Bertz CT molecular complexity index is 406. The highest BCUT2D eigenvalue weighted by molar-refractivity contribution is 5.66. The van der Waals surface area contributed by atoms with Gasteiger partial charge in [0.1, 0.15) is 5.75 Å². The zero-order chi connectivity index (χ0) is 14.3. The molecular formula is C15H23NO3. The molecule has 0 saturated heterocycles. The first-order valence-electron chi connectivity index (χ1n) is 6.54. The van der Waals surface area contributed by atoms with Crippen molar-refractivity contribution in [1.29, 1.82) is 0 Å². The van der Waals surface area contributed by atoms with Crippen LogP contribution in [0.1, 0.15) is 18.9 Å². The van der Waals surface area contributed by atoms with Crippen LogP contribution in [0.2, 0.25) is 0 Å². The first-order valence-corrected chi connectivity index (χ1v) is 6.54. The minimum atomic E-state index is -0.728. The third-order valence-corrected chi connectivity index (χ3v) is 3.06. The van der Waals surface area contributed by atoms with Crippen LogP contribution >= 0.6 is 0 Å². The molecule has 0 radical (unpaired) electrons. The van der Waals surface area contributed by atoms with E-state index >= 15 is 0 Å². The molecule has 1 rings (SSSR count). The maximum Gasteiger partial charge on any atom is 0.303 e. The number of aliphatic carboxylic acids is 1. The van der Waals surface area contributed by atoms with Gasteiger partial charge in [-0.1, -0.05) is 19.1 Å². The number of ether oxygens (including phenoxy) is 1. The summed E-state index contributed by atoms with van der Waals surface area (Å²) in [4.78, 5) is 12.8. The first-order chi connectivity index (χ1) is 9.01. The van der Waals surface area contributed by atoms with E-state index in [2.05, 4.69) is 11.0 Å². The van der Waals surface area contributed by atoms with Crippen LogP contribution in [0.25, 0.3) is 0 Å². The van der Waals surface area contributed by atoms with Gasteiger partial charge in [0, 0.05) is 19.5 Å². The second-order valence-corrected chi connectivity index (χ2v) is 5.07. The van der Waals surface area contributed by atoms with E-state index in [-0.39, 0.29) is 12.3 Å². The highest BCUT2D eigenvalue weighted by Gasteiger charge is 2.10. The van der Waals surface area contributed by atoms with Gasteiger partial charge in [0.05, 0.1) is 7.11 Å². The topological polar surface area (TPSA) is 49.8 Å². The van der Waals surface area contributed by atoms with Crippen LogP contribution in [0.15, 0.2) is 24.3 Å². The zero-order valence-corrected chi connectivity index (χ0v) is 11.9. The van der Waals surface area contributed by atoms with Crippen LogP contribution in [0.4, 0.5) is 0 Å². The lowest BCUT2D eigenvalue weighted by atomic mass is 10.1. The normalized spacial score (nSPS) is 12.4. The van der Waals surface area contributed by atoms with Gasteiger partial charge in [-0.15, -0.1) is 0 Å². The number of nitrogens with zero attached hydrogens (tertiary/aromatic N) is 1. The van der Waals surface area contributed by atoms with E-state index in [4.69, 9.17) is 9.84 Å². The van der Waals surface area contributed by atoms with Gasteiger partial charge in [-0.2, -0.15) is 0 Å². The predicted molar refractivity (Wildman–Crippen MR) is 75.6 cm³/mol. The standard InChI is InChI=1S/C15H23NO3/c1-12(9-15(17)18)11-16(2)8-7-13-5-4-6-14(10-13)19-3/h4-6,10,12H,7-9,11H2,1-3H3,(H,17,18). The third kappa shape index (κ3) is 6.25. The molecule has 4 nitrogen and oxygen atoms in total. The van der Waals surface area contributed by atoms with Gasteiger partial charge in [-0.05, 0) is 37.1 Å². The van der Waals surface area contributed by atoms with Crippen molar-refractivity contribution in [2.24, 2.45) is 5.92 Å². The molecule has 0 amide bonds. The summed E-state index contributed by atoms with van der Waals surface area (Å²) in [5.41, 5.74) is 1.23. The maximum atomic E-state index is 10.6. The predicted octanol–water partition coefficient (Wildman–Crippen LogP) is 2.28. The molecule has 106 valence electrons. The highest BCUT2D eigenvalue weighted by Crippen LogP contribution is 2.13. The minimum absolute atomic E-state index is 0.174. The molecular weight excluding hydrogens is 242 g/mol. The molecule has 1 aromatic carbocycles. The minimum Gasteiger partial charge on any atom is -0.497 e. The number of carboxylic acids is 1. The van der Waals surface area contributed by atoms with Gasteiger partial charge in [0.25, 0.3) is 0 Å². The average Bonchev–Trinajstić information content (AvgIpc) is 2.35. The van der Waals surface area contributed by atoms with Crippen molar-refractivity contribution in [2.75, 3.05) is 27.2 Å². The lowest BCUT2D eigenvalue weighted by Gasteiger charge is -2.20. The van der Waals surface area contributed by atoms with Gasteiger partial charge >= 0.3 is 5.97 Å². The Morgan fingerprint density at radius 1 is 1.47 bits per heavy atom. The Labute approximate surface area is 115 Å². The number of hydrogen-bond donors (Lipinski definition) is 1. The molecule has 0 fully saturated rings. The summed E-state index contributed by atoms with van der Waals surface area (Å²) in [6.07, 6.45) is 1.16. The molecule has 0 saturated carbocycles. The smallest absolute Gasteiger partial charge is 0.303 e. The van der Waals surface area contributed by atoms with Gasteiger partial charge in [0.15, 0.2) is 0 Å². The van der Waals surface area contributed by atoms with Crippen LogP contribution in [0.3, 0.4) is 0 Å². The first kappa shape index (κ1) is 15.5. The Kier molecular flexibility index (Phi) is 6.36. The van der Waals surface area contributed by atoms with Crippen molar-refractivity contribution < 1.29 is 14.6 Å². The number of hydrogen-bond acceptors (Lipinski definition) is 3. The number of likely N-dealkylation sites (N-methyl/N-ethyl adjacent to an activating group) is 1. The molecule has 1 aromatic rings. The van der Waals surface area contributed by atoms with Crippen molar-refractivity contribution in [3.05, 3.63) is 29.8 Å². The third-order valence-electron chi connectivity index (χ3n) is 3.06. The monoisotopic (exact) mass is 265 g/mol. The largest absolute Gasteiger partial charge is 0.497 e. The quantitative estimate of drug-likeness (QED) is 0.783. The van der Waals surface area contributed by atoms with E-state index in [9.17, 15) is 4.79 Å². The van der Waals surface area contributed by atoms with E-state index < -0.39 is 5.97 Å². The average molecular weight is 265 g/mol. The summed E-state index contributed by atoms with van der Waals surface area (Å²) in [5.74, 6) is 0.320. The van der Waals surface area contributed by atoms with Crippen molar-refractivity contribution in [3.63, 3.8) is 0 Å². The zero-order valence-electron chi connectivity index (χ0n) is 11.9. The molecule has 0 aliphatic heterocycles. The van der Waals surface area contributed by atoms with Gasteiger partial charge in [-0.3, -0.25) is 4.79 Å². The fourth-order valence-corrected chi connectivity index (χ4v) is 2.13. The van der Waals surface area contributed by atoms with E-state index in [0.29, 0.717) is 0 Å². The lowest BCUT2D eigenvalue weighted by Crippen LogP contribution is -2.27. The van der Waals surface area contributed by atoms with E-state index in [1.54, 1.807) is 7.11 Å². The van der Waals surface area contributed by atoms with Crippen LogP contribution in [0, 0.1) is 5.92 Å². The van der Waals surface area contributed by atoms with Crippen molar-refractivity contribution in [1.82, 2.24) is 4.90 Å². The molecule has 19 heavy (non-hydrogen) atoms. The number of carbonyl (C=O) groups is 1. The summed E-state index contributed by atoms with van der Waals surface area (Å²) >= 11 is 0. The molecule has 4 heteroatoms. The van der Waals surface area contributed by atoms with Crippen molar-refractivity contribution in [3.8, 4) is 5.75 Å². The summed E-state index contributed by atoms with van der Waals surface area (Å²) in [6.45, 7) is 3.68. The second-order valence-electron chi connectivity index (χ2n) is 5.07. The Morgan fingerprint density at radius 2 is 2.21 bits per heavy atom. The summed E-state index contributed by atoms with van der Waals surface area (Å²) in [7, 11) is 3.69. The molecule has 0 spiro atoms. The maximum absolute atomic E-state index is 10.6. The fraction of sp³-hybridized carbons (Fsp3) is 0.533. The Balaban J connectivity index is 2.36. The van der Waals surface area contributed by atoms with Crippen LogP contribution in [-0.2, 0) is 11.2 Å². The molecule has 1 unspecified atom stereocenters. The molecule has 0 aliphatic carbocycles. The van der Waals surface area contributed by atoms with Crippen molar-refractivity contribution in [2.45, 2.75) is 19.8 Å². The summed E-state index contributed by atoms with van der Waals surface area (Å²) in [5, 5.41) is 8.73. The molecule has 1 N–H and O–H groups in total. The van der Waals surface area contributed by atoms with Crippen LogP contribution < -0.4 is 4.74 Å². The highest BCUT2D eigenvalue weighted by atomic mass is 16.5. The van der Waals surface area contributed by atoms with E-state index in [1.165, 1.54) is 5.56 Å². The van der Waals surface area contributed by atoms with Crippen LogP contribution in [-0.4, -0.2) is 43.2 Å². The number of benzene rings is 1. The van der Waals surface area contributed by atoms with Gasteiger partial charge in [-0.25, -0.2) is 0 Å². The number of rotatable bonds is 8. The molecule has 0 heterocycles. The fourth-order valence-electron chi connectivity index (χ4n) is 2.13. The SMILES string of the molecule is COc1cccc(CCN(C)CC(C)CC(=O)O)c1. The van der Waals surface area contributed by atoms with Gasteiger partial charge < -0.3 is 14.7 Å². The number of carboxylic acid groups (broad SMARTS) is 1. The second kappa shape index (κ2) is 7.79. The molecule has 0 bridgehead atoms. The van der Waals surface area contributed by atoms with Gasteiger partial charge in [0.2, 0.25) is 0 Å². The van der Waals surface area contributed by atoms with Crippen LogP contribution in [0.5, 0.6) is 5.75 Å². The molecule has 0 aliphatic rings. The van der Waals surface area contributed by atoms with E-state index in [1.807, 2.05) is 32.2 Å². The summed E-state index contributed by atoms with van der Waals surface area (Å²) in [6, 6.07) is 8.04. The lowest BCUT2D eigenvalue weighted by molar-refractivity contribution is -0.138. The van der Waals surface area contributed by atoms with E-state index in [0.717, 1.165) is 25.3 Å². The number of methoxy groups -OCH3 is 1. The molecule has 0 aromatic heterocycles. The molecule has 1 atom stereocenters. The Morgan fingerprint density at radius 3 is 2.84 bits per heavy atom. The van der Waals surface area contributed by atoms with Crippen molar-refractivity contribution >= 4 is 5.97 Å². The summed E-state index contributed by atoms with van der Waals surface area (Å²) < 4.78 is 5.19. The Hall–Kier alpha value is -1.55.